The number of hydrogen-bond acceptors (Lipinski definition) is 8. The van der Waals surface area contributed by atoms with E-state index >= 15 is 0 Å². The van der Waals surface area contributed by atoms with Gasteiger partial charge in [-0.2, -0.15) is 5.26 Å². The fourth-order valence-electron chi connectivity index (χ4n) is 4.75. The number of hydrogen-bond donors (Lipinski definition) is 1. The first-order valence-electron chi connectivity index (χ1n) is 12.6. The Labute approximate surface area is 215 Å². The summed E-state index contributed by atoms with van der Waals surface area (Å²) in [5.74, 6) is 2.36. The molecule has 3 heterocycles. The number of rotatable bonds is 10. The van der Waals surface area contributed by atoms with Crippen LogP contribution in [0, 0.1) is 18.3 Å². The monoisotopic (exact) mass is 501 g/mol. The smallest absolute Gasteiger partial charge is 0.230 e. The van der Waals surface area contributed by atoms with Crippen molar-refractivity contribution in [1.29, 1.82) is 5.26 Å². The van der Waals surface area contributed by atoms with Crippen LogP contribution in [0.2, 0.25) is 0 Å². The minimum absolute atomic E-state index is 0.223. The zero-order valence-electron chi connectivity index (χ0n) is 21.2. The van der Waals surface area contributed by atoms with E-state index in [1.54, 1.807) is 7.11 Å². The molecule has 37 heavy (non-hydrogen) atoms. The fourth-order valence-corrected chi connectivity index (χ4v) is 4.75. The molecular weight excluding hydrogens is 470 g/mol. The summed E-state index contributed by atoms with van der Waals surface area (Å²) in [6, 6.07) is 13.9. The molecule has 1 saturated heterocycles. The van der Waals surface area contributed by atoms with Crippen molar-refractivity contribution in [2.24, 2.45) is 0 Å². The predicted octanol–water partition coefficient (Wildman–Crippen LogP) is 4.99. The number of para-hydroxylation sites is 1. The zero-order valence-corrected chi connectivity index (χ0v) is 21.2. The van der Waals surface area contributed by atoms with Gasteiger partial charge >= 0.3 is 0 Å². The molecule has 2 aromatic heterocycles. The number of methoxy groups -OCH3 is 1. The van der Waals surface area contributed by atoms with Crippen LogP contribution in [0.25, 0.3) is 21.8 Å². The molecular formula is C28H31N5O4. The van der Waals surface area contributed by atoms with E-state index in [0.717, 1.165) is 60.2 Å². The molecule has 2 aromatic carbocycles. The molecule has 9 heteroatoms. The quantitative estimate of drug-likeness (QED) is 0.303. The number of aryl methyl sites for hydroxylation is 1. The van der Waals surface area contributed by atoms with Crippen LogP contribution in [0.15, 0.2) is 42.7 Å². The largest absolute Gasteiger partial charge is 0.493 e. The number of aromatic nitrogens is 3. The molecule has 1 aliphatic heterocycles. The van der Waals surface area contributed by atoms with Crippen LogP contribution in [0.5, 0.6) is 23.1 Å². The van der Waals surface area contributed by atoms with Crippen molar-refractivity contribution in [3.8, 4) is 29.2 Å². The average Bonchev–Trinajstić information content (AvgIpc) is 3.25. The lowest BCUT2D eigenvalue weighted by Crippen LogP contribution is -2.37. The van der Waals surface area contributed by atoms with Gasteiger partial charge in [0, 0.05) is 43.0 Å². The maximum Gasteiger partial charge on any atom is 0.230 e. The molecule has 192 valence electrons. The first-order valence-corrected chi connectivity index (χ1v) is 12.6. The number of nitrogens with zero attached hydrogens (tertiary/aromatic N) is 4. The first kappa shape index (κ1) is 24.8. The van der Waals surface area contributed by atoms with Crippen molar-refractivity contribution in [3.05, 3.63) is 48.4 Å². The Morgan fingerprint density at radius 3 is 2.73 bits per heavy atom. The van der Waals surface area contributed by atoms with Gasteiger partial charge < -0.3 is 28.8 Å². The van der Waals surface area contributed by atoms with E-state index in [1.807, 2.05) is 43.3 Å². The molecule has 0 spiro atoms. The Morgan fingerprint density at radius 2 is 1.92 bits per heavy atom. The molecule has 0 saturated carbocycles. The SMILES string of the molecule is COc1cc2c(Oc3c(C)[nH]c4ccccc34)ncnc2cc1OCCOC1CCN(CCC#N)CC1. The minimum atomic E-state index is 0.223. The molecule has 0 aliphatic carbocycles. The van der Waals surface area contributed by atoms with E-state index in [2.05, 4.69) is 25.9 Å². The molecule has 0 bridgehead atoms. The summed E-state index contributed by atoms with van der Waals surface area (Å²) in [6.45, 7) is 5.64. The van der Waals surface area contributed by atoms with E-state index in [9.17, 15) is 0 Å². The maximum absolute atomic E-state index is 8.75. The highest BCUT2D eigenvalue weighted by molar-refractivity contribution is 5.90. The Hall–Kier alpha value is -3.87. The standard InChI is InChI=1S/C28H31N5O4/c1-19-27(21-6-3-4-7-23(21)32-19)37-28-22-16-25(34-2)26(17-24(22)30-18-31-28)36-15-14-35-20-8-12-33(13-9-20)11-5-10-29/h3-4,6-7,16-18,20,32H,5,8-9,11-15H2,1-2H3. The average molecular weight is 502 g/mol. The highest BCUT2D eigenvalue weighted by atomic mass is 16.5. The van der Waals surface area contributed by atoms with Crippen LogP contribution >= 0.6 is 0 Å². The highest BCUT2D eigenvalue weighted by Gasteiger charge is 2.20. The van der Waals surface area contributed by atoms with E-state index in [0.29, 0.717) is 42.5 Å². The lowest BCUT2D eigenvalue weighted by molar-refractivity contribution is -0.00423. The summed E-state index contributed by atoms with van der Waals surface area (Å²) in [6.07, 6.45) is 4.24. The van der Waals surface area contributed by atoms with Crippen LogP contribution < -0.4 is 14.2 Å². The van der Waals surface area contributed by atoms with Gasteiger partial charge in [0.1, 0.15) is 12.9 Å². The third-order valence-corrected chi connectivity index (χ3v) is 6.69. The van der Waals surface area contributed by atoms with Crippen LogP contribution in [-0.2, 0) is 4.74 Å². The second-order valence-corrected chi connectivity index (χ2v) is 9.09. The number of benzene rings is 2. The lowest BCUT2D eigenvalue weighted by Gasteiger charge is -2.31. The summed E-state index contributed by atoms with van der Waals surface area (Å²) in [5.41, 5.74) is 2.63. The number of H-pyrrole nitrogens is 1. The van der Waals surface area contributed by atoms with Crippen molar-refractivity contribution in [2.45, 2.75) is 32.3 Å². The third-order valence-electron chi connectivity index (χ3n) is 6.69. The summed E-state index contributed by atoms with van der Waals surface area (Å²) >= 11 is 0. The van der Waals surface area contributed by atoms with Gasteiger partial charge in [-0.15, -0.1) is 0 Å². The van der Waals surface area contributed by atoms with E-state index in [1.165, 1.54) is 6.33 Å². The molecule has 9 nitrogen and oxygen atoms in total. The number of nitriles is 1. The van der Waals surface area contributed by atoms with Crippen molar-refractivity contribution in [2.75, 3.05) is 40.0 Å². The topological polar surface area (TPSA) is 106 Å². The molecule has 4 aromatic rings. The molecule has 0 atom stereocenters. The Kier molecular flexibility index (Phi) is 7.68. The number of likely N-dealkylation sites (tertiary alicyclic amines) is 1. The van der Waals surface area contributed by atoms with Crippen LogP contribution in [0.1, 0.15) is 25.0 Å². The van der Waals surface area contributed by atoms with Crippen LogP contribution in [-0.4, -0.2) is 65.9 Å². The van der Waals surface area contributed by atoms with Crippen molar-refractivity contribution >= 4 is 21.8 Å². The minimum Gasteiger partial charge on any atom is -0.493 e. The van der Waals surface area contributed by atoms with E-state index in [-0.39, 0.29) is 6.10 Å². The Bertz CT molecular complexity index is 1410. The first-order chi connectivity index (χ1) is 18.2. The number of ether oxygens (including phenoxy) is 4. The second kappa shape index (κ2) is 11.5. The summed E-state index contributed by atoms with van der Waals surface area (Å²) in [4.78, 5) is 14.5. The molecule has 1 aliphatic rings. The summed E-state index contributed by atoms with van der Waals surface area (Å²) < 4.78 is 24.0. The molecule has 1 fully saturated rings. The zero-order chi connectivity index (χ0) is 25.6. The van der Waals surface area contributed by atoms with Crippen LogP contribution in [0.3, 0.4) is 0 Å². The Balaban J connectivity index is 1.24. The summed E-state index contributed by atoms with van der Waals surface area (Å²) in [7, 11) is 1.61. The van der Waals surface area contributed by atoms with Gasteiger partial charge in [0.15, 0.2) is 17.2 Å². The van der Waals surface area contributed by atoms with Gasteiger partial charge in [-0.1, -0.05) is 12.1 Å². The molecule has 1 N–H and O–H groups in total. The number of fused-ring (bicyclic) bond motifs is 2. The van der Waals surface area contributed by atoms with Crippen molar-refractivity contribution in [3.63, 3.8) is 0 Å². The van der Waals surface area contributed by atoms with Crippen molar-refractivity contribution in [1.82, 2.24) is 19.9 Å². The van der Waals surface area contributed by atoms with Crippen molar-refractivity contribution < 1.29 is 18.9 Å². The van der Waals surface area contributed by atoms with E-state index < -0.39 is 0 Å². The second-order valence-electron chi connectivity index (χ2n) is 9.09. The van der Waals surface area contributed by atoms with Gasteiger partial charge in [0.05, 0.1) is 42.5 Å². The van der Waals surface area contributed by atoms with Gasteiger partial charge in [0.2, 0.25) is 5.88 Å². The van der Waals surface area contributed by atoms with Gasteiger partial charge in [-0.3, -0.25) is 0 Å². The van der Waals surface area contributed by atoms with Gasteiger partial charge in [-0.05, 0) is 38.0 Å². The number of aromatic amines is 1. The Morgan fingerprint density at radius 1 is 1.08 bits per heavy atom. The lowest BCUT2D eigenvalue weighted by atomic mass is 10.1. The highest BCUT2D eigenvalue weighted by Crippen LogP contribution is 2.38. The van der Waals surface area contributed by atoms with E-state index in [4.69, 9.17) is 24.2 Å². The normalized spacial score (nSPS) is 14.6. The van der Waals surface area contributed by atoms with Gasteiger partial charge in [0.25, 0.3) is 0 Å². The predicted molar refractivity (Wildman–Crippen MR) is 140 cm³/mol. The van der Waals surface area contributed by atoms with Crippen LogP contribution in [0.4, 0.5) is 0 Å². The molecule has 0 radical (unpaired) electrons. The van der Waals surface area contributed by atoms with Gasteiger partial charge in [-0.25, -0.2) is 9.97 Å². The molecule has 0 unspecified atom stereocenters. The number of nitrogens with one attached hydrogen (secondary N) is 1. The third kappa shape index (κ3) is 5.61. The fraction of sp³-hybridized carbons (Fsp3) is 0.393. The number of piperidine rings is 1. The molecule has 5 rings (SSSR count). The molecule has 0 amide bonds. The maximum atomic E-state index is 8.75. The summed E-state index contributed by atoms with van der Waals surface area (Å²) in [5, 5.41) is 10.5.